The van der Waals surface area contributed by atoms with E-state index in [9.17, 15) is 4.79 Å². The second kappa shape index (κ2) is 17.4. The summed E-state index contributed by atoms with van der Waals surface area (Å²) in [6, 6.07) is 0. The van der Waals surface area contributed by atoms with Crippen LogP contribution >= 0.6 is 21.6 Å². The van der Waals surface area contributed by atoms with Crippen molar-refractivity contribution in [3.05, 3.63) is 0 Å². The minimum Gasteiger partial charge on any atom is -0.369 e. The molecule has 0 aromatic carbocycles. The van der Waals surface area contributed by atoms with E-state index in [-0.39, 0.29) is 18.0 Å². The molecule has 0 aliphatic heterocycles. The lowest BCUT2D eigenvalue weighted by Gasteiger charge is -2.15. The van der Waals surface area contributed by atoms with Crippen LogP contribution in [0.5, 0.6) is 0 Å². The molecule has 0 rings (SSSR count). The lowest BCUT2D eigenvalue weighted by molar-refractivity contribution is -0.126. The summed E-state index contributed by atoms with van der Waals surface area (Å²) in [4.78, 5) is 11.5. The van der Waals surface area contributed by atoms with Crippen molar-refractivity contribution in [2.75, 3.05) is 45.2 Å². The van der Waals surface area contributed by atoms with Gasteiger partial charge < -0.3 is 20.1 Å². The van der Waals surface area contributed by atoms with E-state index in [2.05, 4.69) is 36.3 Å². The minimum absolute atomic E-state index is 0.0497. The van der Waals surface area contributed by atoms with Crippen LogP contribution in [0.1, 0.15) is 34.1 Å². The van der Waals surface area contributed by atoms with E-state index < -0.39 is 0 Å². The van der Waals surface area contributed by atoms with Crippen molar-refractivity contribution in [1.29, 1.82) is 0 Å². The van der Waals surface area contributed by atoms with Crippen LogP contribution in [0.4, 0.5) is 0 Å². The van der Waals surface area contributed by atoms with Crippen LogP contribution in [0.25, 0.3) is 0 Å². The van der Waals surface area contributed by atoms with Gasteiger partial charge in [-0.25, -0.2) is 0 Å². The fourth-order valence-corrected chi connectivity index (χ4v) is 3.81. The van der Waals surface area contributed by atoms with E-state index in [1.807, 2.05) is 24.6 Å². The number of hydrogen-bond acceptors (Lipinski definition) is 6. The van der Waals surface area contributed by atoms with Crippen molar-refractivity contribution in [3.63, 3.8) is 0 Å². The highest BCUT2D eigenvalue weighted by atomic mass is 33.1. The lowest BCUT2D eigenvalue weighted by Crippen LogP contribution is -2.28. The molecule has 140 valence electrons. The fraction of sp³-hybridized carbons (Fsp3) is 0.824. The number of carbonyl (C=O) groups is 1. The van der Waals surface area contributed by atoms with Crippen molar-refractivity contribution in [2.45, 2.75) is 39.6 Å². The Bertz CT molecular complexity index is 371. The molecule has 0 saturated heterocycles. The molecular formula is C17H32N2O3S2. The first kappa shape index (κ1) is 23.6. The van der Waals surface area contributed by atoms with Gasteiger partial charge in [0.25, 0.3) is 0 Å². The topological polar surface area (TPSA) is 59.6 Å². The highest BCUT2D eigenvalue weighted by Gasteiger charge is 2.07. The van der Waals surface area contributed by atoms with E-state index in [0.29, 0.717) is 25.7 Å². The number of carbonyl (C=O) groups excluding carboxylic acids is 1. The maximum absolute atomic E-state index is 11.5. The molecule has 0 saturated carbocycles. The average molecular weight is 377 g/mol. The Morgan fingerprint density at radius 1 is 1.25 bits per heavy atom. The third-order valence-corrected chi connectivity index (χ3v) is 5.39. The predicted octanol–water partition coefficient (Wildman–Crippen LogP) is 2.52. The van der Waals surface area contributed by atoms with Crippen molar-refractivity contribution >= 4 is 27.5 Å². The smallest absolute Gasteiger partial charge is 0.246 e. The molecule has 24 heavy (non-hydrogen) atoms. The zero-order valence-corrected chi connectivity index (χ0v) is 17.0. The summed E-state index contributed by atoms with van der Waals surface area (Å²) in [5.74, 6) is 7.13. The molecule has 1 amide bonds. The quantitative estimate of drug-likeness (QED) is 0.210. The Morgan fingerprint density at radius 2 is 2.04 bits per heavy atom. The molecule has 1 atom stereocenters. The van der Waals surface area contributed by atoms with Gasteiger partial charge in [-0.2, -0.15) is 0 Å². The third-order valence-electron chi connectivity index (χ3n) is 2.65. The molecule has 0 heterocycles. The highest BCUT2D eigenvalue weighted by molar-refractivity contribution is 8.76. The van der Waals surface area contributed by atoms with Gasteiger partial charge in [-0.15, -0.1) is 0 Å². The van der Waals surface area contributed by atoms with Crippen LogP contribution < -0.4 is 10.6 Å². The predicted molar refractivity (Wildman–Crippen MR) is 105 cm³/mol. The number of hydrogen-bond donors (Lipinski definition) is 2. The first-order chi connectivity index (χ1) is 11.6. The van der Waals surface area contributed by atoms with Gasteiger partial charge in [-0.1, -0.05) is 61.1 Å². The Kier molecular flexibility index (Phi) is 17.2. The Labute approximate surface area is 155 Å². The normalized spacial score (nSPS) is 11.9. The van der Waals surface area contributed by atoms with Gasteiger partial charge in [0.15, 0.2) is 0 Å². The highest BCUT2D eigenvalue weighted by Crippen LogP contribution is 2.28. The Balaban J connectivity index is 3.55. The van der Waals surface area contributed by atoms with Crippen LogP contribution in [0.3, 0.4) is 0 Å². The molecule has 5 nitrogen and oxygen atoms in total. The Morgan fingerprint density at radius 3 is 2.71 bits per heavy atom. The number of nitrogens with one attached hydrogen (secondary N) is 2. The molecular weight excluding hydrogens is 344 g/mol. The van der Waals surface area contributed by atoms with E-state index in [1.54, 1.807) is 10.8 Å². The molecule has 1 unspecified atom stereocenters. The fourth-order valence-electron chi connectivity index (χ4n) is 1.48. The van der Waals surface area contributed by atoms with Gasteiger partial charge in [0.2, 0.25) is 5.91 Å². The summed E-state index contributed by atoms with van der Waals surface area (Å²) in [5.41, 5.74) is 0.167. The summed E-state index contributed by atoms with van der Waals surface area (Å²) in [6.07, 6.45) is 0.952. The standard InChI is InChI=1S/C17H32N2O3S2/c1-5-17(24-23-13-10-18-6-2)22-12-11-21-14-16(20)19-9-7-8-15(3)4/h15,17-18H,5-6,9-14H2,1-4H3,(H,19,20). The van der Waals surface area contributed by atoms with Gasteiger partial charge in [0.05, 0.1) is 19.8 Å². The minimum atomic E-state index is -0.145. The van der Waals surface area contributed by atoms with E-state index in [1.165, 1.54) is 0 Å². The average Bonchev–Trinajstić information content (AvgIpc) is 2.56. The monoisotopic (exact) mass is 376 g/mol. The van der Waals surface area contributed by atoms with Crippen molar-refractivity contribution in [1.82, 2.24) is 10.6 Å². The summed E-state index contributed by atoms with van der Waals surface area (Å²) in [5, 5.41) is 5.99. The summed E-state index contributed by atoms with van der Waals surface area (Å²) >= 11 is 0. The molecule has 0 radical (unpaired) electrons. The largest absolute Gasteiger partial charge is 0.369 e. The number of ether oxygens (including phenoxy) is 2. The van der Waals surface area contributed by atoms with Gasteiger partial charge in [0.1, 0.15) is 12.0 Å². The molecule has 0 aromatic heterocycles. The molecule has 0 spiro atoms. The van der Waals surface area contributed by atoms with Crippen LogP contribution in [0.15, 0.2) is 0 Å². The van der Waals surface area contributed by atoms with Crippen molar-refractivity contribution in [2.24, 2.45) is 5.92 Å². The molecule has 0 aliphatic rings. The van der Waals surface area contributed by atoms with Crippen molar-refractivity contribution in [3.8, 4) is 11.8 Å². The van der Waals surface area contributed by atoms with Gasteiger partial charge >= 0.3 is 0 Å². The molecule has 0 aliphatic carbocycles. The molecule has 2 N–H and O–H groups in total. The molecule has 0 bridgehead atoms. The second-order valence-electron chi connectivity index (χ2n) is 5.29. The summed E-state index contributed by atoms with van der Waals surface area (Å²) in [6.45, 7) is 11.6. The number of rotatable bonds is 14. The Hall–Kier alpha value is -0.390. The van der Waals surface area contributed by atoms with Gasteiger partial charge in [0, 0.05) is 18.2 Å². The maximum atomic E-state index is 11.5. The zero-order chi connectivity index (χ0) is 18.0. The van der Waals surface area contributed by atoms with E-state index in [4.69, 9.17) is 9.47 Å². The molecule has 0 fully saturated rings. The van der Waals surface area contributed by atoms with E-state index in [0.717, 1.165) is 25.3 Å². The van der Waals surface area contributed by atoms with Crippen LogP contribution in [-0.2, 0) is 14.3 Å². The first-order valence-electron chi connectivity index (χ1n) is 8.53. The lowest BCUT2D eigenvalue weighted by atomic mass is 10.2. The van der Waals surface area contributed by atoms with E-state index >= 15 is 0 Å². The molecule has 0 aromatic rings. The van der Waals surface area contributed by atoms with Crippen molar-refractivity contribution < 1.29 is 14.3 Å². The first-order valence-corrected chi connectivity index (χ1v) is 10.9. The third kappa shape index (κ3) is 16.5. The zero-order valence-electron chi connectivity index (χ0n) is 15.4. The van der Waals surface area contributed by atoms with Crippen LogP contribution in [-0.4, -0.2) is 56.6 Å². The van der Waals surface area contributed by atoms with Gasteiger partial charge in [-0.3, -0.25) is 4.79 Å². The van der Waals surface area contributed by atoms with Crippen LogP contribution in [0, 0.1) is 17.8 Å². The van der Waals surface area contributed by atoms with Gasteiger partial charge in [-0.05, 0) is 13.0 Å². The van der Waals surface area contributed by atoms with Crippen LogP contribution in [0.2, 0.25) is 0 Å². The summed E-state index contributed by atoms with van der Waals surface area (Å²) in [7, 11) is 3.58. The molecule has 7 heteroatoms. The summed E-state index contributed by atoms with van der Waals surface area (Å²) < 4.78 is 11.1. The number of amides is 1. The second-order valence-corrected chi connectivity index (χ2v) is 7.93. The SMILES string of the molecule is CCNCCSSC(CC)OCCOCC(=O)NCC#CC(C)C. The maximum Gasteiger partial charge on any atom is 0.246 e.